The number of thiazole rings is 1. The van der Waals surface area contributed by atoms with Gasteiger partial charge in [-0.2, -0.15) is 5.10 Å². The lowest BCUT2D eigenvalue weighted by Crippen LogP contribution is -2.46. The van der Waals surface area contributed by atoms with Crippen LogP contribution >= 0.6 is 27.3 Å². The molecular formula is C20H28BrN5O5S. The van der Waals surface area contributed by atoms with E-state index < -0.39 is 11.7 Å². The zero-order valence-corrected chi connectivity index (χ0v) is 21.1. The number of carbonyl (C=O) groups is 2. The molecule has 3 atom stereocenters. The number of aryl methyl sites for hydroxylation is 1. The van der Waals surface area contributed by atoms with Gasteiger partial charge in [0.25, 0.3) is 5.91 Å². The number of hydrogen-bond donors (Lipinski definition) is 2. The Balaban J connectivity index is 1.72. The third-order valence-electron chi connectivity index (χ3n) is 4.90. The summed E-state index contributed by atoms with van der Waals surface area (Å²) in [5.74, 6) is -0.325. The molecule has 176 valence electrons. The van der Waals surface area contributed by atoms with Crippen molar-refractivity contribution in [1.29, 1.82) is 0 Å². The average molecular weight is 530 g/mol. The second-order valence-electron chi connectivity index (χ2n) is 8.43. The van der Waals surface area contributed by atoms with Crippen molar-refractivity contribution in [3.05, 3.63) is 26.9 Å². The van der Waals surface area contributed by atoms with Gasteiger partial charge in [0.2, 0.25) is 0 Å². The fourth-order valence-corrected chi connectivity index (χ4v) is 4.46. The lowest BCUT2D eigenvalue weighted by Gasteiger charge is -2.26. The van der Waals surface area contributed by atoms with Crippen LogP contribution in [0.1, 0.15) is 55.9 Å². The van der Waals surface area contributed by atoms with E-state index >= 15 is 0 Å². The van der Waals surface area contributed by atoms with Crippen molar-refractivity contribution >= 4 is 45.0 Å². The number of hydrogen-bond acceptors (Lipinski definition) is 8. The predicted octanol–water partition coefficient (Wildman–Crippen LogP) is 3.65. The number of nitrogens with one attached hydrogen (secondary N) is 2. The number of rotatable bonds is 5. The van der Waals surface area contributed by atoms with Crippen molar-refractivity contribution in [3.8, 4) is 0 Å². The summed E-state index contributed by atoms with van der Waals surface area (Å²) in [6.07, 6.45) is 1.60. The van der Waals surface area contributed by atoms with Crippen molar-refractivity contribution in [2.24, 2.45) is 7.05 Å². The van der Waals surface area contributed by atoms with E-state index in [1.807, 2.05) is 20.8 Å². The van der Waals surface area contributed by atoms with Gasteiger partial charge < -0.3 is 24.8 Å². The molecule has 2 N–H and O–H groups in total. The molecule has 0 aromatic carbocycles. The first kappa shape index (κ1) is 24.6. The lowest BCUT2D eigenvalue weighted by molar-refractivity contribution is -0.0263. The van der Waals surface area contributed by atoms with Crippen LogP contribution in [-0.4, -0.2) is 58.2 Å². The number of aromatic nitrogens is 3. The molecule has 10 nitrogen and oxygen atoms in total. The maximum absolute atomic E-state index is 12.6. The molecular weight excluding hydrogens is 502 g/mol. The highest BCUT2D eigenvalue weighted by molar-refractivity contribution is 9.11. The summed E-state index contributed by atoms with van der Waals surface area (Å²) < 4.78 is 19.4. The molecule has 2 aromatic heterocycles. The van der Waals surface area contributed by atoms with Gasteiger partial charge in [-0.3, -0.25) is 9.48 Å². The second-order valence-corrected chi connectivity index (χ2v) is 10.6. The van der Waals surface area contributed by atoms with Gasteiger partial charge in [0, 0.05) is 19.5 Å². The highest BCUT2D eigenvalue weighted by Gasteiger charge is 2.33. The number of anilines is 1. The van der Waals surface area contributed by atoms with E-state index in [-0.39, 0.29) is 30.8 Å². The van der Waals surface area contributed by atoms with Gasteiger partial charge in [0.05, 0.1) is 30.2 Å². The van der Waals surface area contributed by atoms with Crippen LogP contribution in [0.4, 0.5) is 10.5 Å². The summed E-state index contributed by atoms with van der Waals surface area (Å²) in [5.41, 5.74) is 1.02. The first-order valence-electron chi connectivity index (χ1n) is 10.2. The third-order valence-corrected chi connectivity index (χ3v) is 6.27. The van der Waals surface area contributed by atoms with Gasteiger partial charge in [0.15, 0.2) is 3.92 Å². The molecule has 0 saturated carbocycles. The number of ether oxygens (including phenoxy) is 3. The van der Waals surface area contributed by atoms with Crippen LogP contribution in [0.2, 0.25) is 0 Å². The van der Waals surface area contributed by atoms with Gasteiger partial charge in [-0.05, 0) is 49.5 Å². The number of nitrogens with zero attached hydrogens (tertiary/aromatic N) is 3. The summed E-state index contributed by atoms with van der Waals surface area (Å²) in [6.45, 7) is 5.71. The second kappa shape index (κ2) is 10.3. The fourth-order valence-electron chi connectivity index (χ4n) is 3.47. The highest BCUT2D eigenvalue weighted by Crippen LogP contribution is 2.33. The first-order valence-corrected chi connectivity index (χ1v) is 11.8. The van der Waals surface area contributed by atoms with Crippen LogP contribution in [0.3, 0.4) is 0 Å². The van der Waals surface area contributed by atoms with Gasteiger partial charge in [-0.1, -0.05) is 0 Å². The monoisotopic (exact) mass is 529 g/mol. The van der Waals surface area contributed by atoms with E-state index in [4.69, 9.17) is 14.2 Å². The first-order chi connectivity index (χ1) is 15.1. The van der Waals surface area contributed by atoms with E-state index in [2.05, 4.69) is 36.6 Å². The normalized spacial score (nSPS) is 21.6. The van der Waals surface area contributed by atoms with Crippen molar-refractivity contribution in [3.63, 3.8) is 0 Å². The maximum atomic E-state index is 12.6. The molecule has 0 bridgehead atoms. The molecule has 0 unspecified atom stereocenters. The standard InChI is InChI=1S/C20H28BrN5O5S/c1-20(2,3)31-19(28)25-11-6-7-14(30-9-15(11)29-5)16-12(8-22-26(16)4)23-17(27)13-10-32-18(21)24-13/h8,10-11,14-15H,6-7,9H2,1-5H3,(H,23,27)(H,25,28)/t11-,14+,15-/m1/s1. The van der Waals surface area contributed by atoms with E-state index in [0.29, 0.717) is 28.1 Å². The SMILES string of the molecule is CO[C@@H]1CO[C@H](c2c(NC(=O)c3csc(Br)n3)cnn2C)CC[C@H]1NC(=O)OC(C)(C)C. The molecule has 3 rings (SSSR count). The zero-order chi connectivity index (χ0) is 23.5. The zero-order valence-electron chi connectivity index (χ0n) is 18.7. The topological polar surface area (TPSA) is 117 Å². The van der Waals surface area contributed by atoms with Gasteiger partial charge in [-0.25, -0.2) is 9.78 Å². The minimum absolute atomic E-state index is 0.263. The van der Waals surface area contributed by atoms with Crippen LogP contribution in [0.5, 0.6) is 0 Å². The molecule has 3 heterocycles. The quantitative estimate of drug-likeness (QED) is 0.606. The third kappa shape index (κ3) is 6.27. The Bertz CT molecular complexity index is 957. The Hall–Kier alpha value is -2.02. The summed E-state index contributed by atoms with van der Waals surface area (Å²) in [6, 6.07) is -0.279. The number of alkyl carbamates (subject to hydrolysis) is 1. The van der Waals surface area contributed by atoms with Crippen molar-refractivity contribution in [1.82, 2.24) is 20.1 Å². The maximum Gasteiger partial charge on any atom is 0.407 e. The molecule has 2 amide bonds. The molecule has 32 heavy (non-hydrogen) atoms. The number of carbonyl (C=O) groups excluding carboxylic acids is 2. The summed E-state index contributed by atoms with van der Waals surface area (Å²) in [5, 5.41) is 11.7. The Kier molecular flexibility index (Phi) is 7.91. The minimum Gasteiger partial charge on any atom is -0.444 e. The number of amides is 2. The van der Waals surface area contributed by atoms with Gasteiger partial charge in [0.1, 0.15) is 23.5 Å². The van der Waals surface area contributed by atoms with Gasteiger partial charge in [-0.15, -0.1) is 11.3 Å². The van der Waals surface area contributed by atoms with E-state index in [1.54, 1.807) is 30.4 Å². The number of halogens is 1. The molecule has 0 aliphatic carbocycles. The Morgan fingerprint density at radius 1 is 1.34 bits per heavy atom. The fraction of sp³-hybridized carbons (Fsp3) is 0.600. The Morgan fingerprint density at radius 2 is 2.09 bits per heavy atom. The van der Waals surface area contributed by atoms with Gasteiger partial charge >= 0.3 is 6.09 Å². The molecule has 1 aliphatic rings. The largest absolute Gasteiger partial charge is 0.444 e. The minimum atomic E-state index is -0.592. The van der Waals surface area contributed by atoms with Crippen LogP contribution in [0.15, 0.2) is 15.5 Å². The Labute approximate surface area is 199 Å². The molecule has 2 aromatic rings. The van der Waals surface area contributed by atoms with E-state index in [9.17, 15) is 9.59 Å². The summed E-state index contributed by atoms with van der Waals surface area (Å²) >= 11 is 4.60. The van der Waals surface area contributed by atoms with Crippen LogP contribution < -0.4 is 10.6 Å². The average Bonchev–Trinajstić information content (AvgIpc) is 3.22. The molecule has 0 spiro atoms. The number of methoxy groups -OCH3 is 1. The summed E-state index contributed by atoms with van der Waals surface area (Å²) in [4.78, 5) is 29.0. The molecule has 1 fully saturated rings. The molecule has 12 heteroatoms. The Morgan fingerprint density at radius 3 is 2.72 bits per heavy atom. The lowest BCUT2D eigenvalue weighted by atomic mass is 10.0. The highest BCUT2D eigenvalue weighted by atomic mass is 79.9. The summed E-state index contributed by atoms with van der Waals surface area (Å²) in [7, 11) is 3.38. The van der Waals surface area contributed by atoms with Crippen LogP contribution in [-0.2, 0) is 21.3 Å². The van der Waals surface area contributed by atoms with Crippen molar-refractivity contribution in [2.75, 3.05) is 19.0 Å². The van der Waals surface area contributed by atoms with Crippen LogP contribution in [0, 0.1) is 0 Å². The van der Waals surface area contributed by atoms with E-state index in [1.165, 1.54) is 11.3 Å². The van der Waals surface area contributed by atoms with Crippen molar-refractivity contribution < 1.29 is 23.8 Å². The molecule has 1 aliphatic heterocycles. The predicted molar refractivity (Wildman–Crippen MR) is 123 cm³/mol. The molecule has 1 saturated heterocycles. The van der Waals surface area contributed by atoms with Crippen LogP contribution in [0.25, 0.3) is 0 Å². The molecule has 0 radical (unpaired) electrons. The smallest absolute Gasteiger partial charge is 0.407 e. The van der Waals surface area contributed by atoms with E-state index in [0.717, 1.165) is 5.69 Å². The van der Waals surface area contributed by atoms with Crippen molar-refractivity contribution in [2.45, 2.75) is 57.5 Å².